The van der Waals surface area contributed by atoms with E-state index in [0.717, 1.165) is 20.1 Å². The molecule has 0 amide bonds. The Hall–Kier alpha value is -0.860. The molecule has 0 saturated heterocycles. The molecule has 1 radical (unpaired) electrons. The van der Waals surface area contributed by atoms with Crippen molar-refractivity contribution in [1.82, 2.24) is 0 Å². The molecular formula is C18H31O2. The summed E-state index contributed by atoms with van der Waals surface area (Å²) in [6, 6.07) is 10.4. The van der Waals surface area contributed by atoms with Gasteiger partial charge in [0, 0.05) is 7.11 Å². The number of benzene rings is 1. The fourth-order valence-electron chi connectivity index (χ4n) is 1.96. The van der Waals surface area contributed by atoms with Crippen molar-refractivity contribution >= 4 is 0 Å². The van der Waals surface area contributed by atoms with Gasteiger partial charge in [-0.1, -0.05) is 62.4 Å². The second-order valence-corrected chi connectivity index (χ2v) is 5.08. The average Bonchev–Trinajstić information content (AvgIpc) is 2.52. The van der Waals surface area contributed by atoms with Gasteiger partial charge in [0.05, 0.1) is 12.7 Å². The summed E-state index contributed by atoms with van der Waals surface area (Å²) in [6.45, 7) is 4.94. The van der Waals surface area contributed by atoms with Gasteiger partial charge < -0.3 is 9.84 Å². The fourth-order valence-corrected chi connectivity index (χ4v) is 1.96. The van der Waals surface area contributed by atoms with Crippen LogP contribution in [0.15, 0.2) is 30.3 Å². The summed E-state index contributed by atoms with van der Waals surface area (Å²) in [5, 5.41) is 7.00. The van der Waals surface area contributed by atoms with E-state index in [0.29, 0.717) is 6.10 Å². The summed E-state index contributed by atoms with van der Waals surface area (Å²) in [5.41, 5.74) is 1.35. The lowest BCUT2D eigenvalue weighted by Gasteiger charge is -2.06. The molecule has 2 nitrogen and oxygen atoms in total. The Morgan fingerprint density at radius 3 is 2.00 bits per heavy atom. The lowest BCUT2D eigenvalue weighted by Crippen LogP contribution is -2.05. The first-order valence-electron chi connectivity index (χ1n) is 7.71. The van der Waals surface area contributed by atoms with Gasteiger partial charge in [-0.3, -0.25) is 0 Å². The highest BCUT2D eigenvalue weighted by Gasteiger charge is 1.96. The highest BCUT2D eigenvalue weighted by molar-refractivity contribution is 5.14. The summed E-state index contributed by atoms with van der Waals surface area (Å²) < 4.78 is 5.45. The predicted molar refractivity (Wildman–Crippen MR) is 86.8 cm³/mol. The standard InChI is InChI=1S/C11H16O.C6H11.CH4O/c1-10(2)12-9-8-11-6-4-3-5-7-11;1-2-4-6-5-3-1;1-2/h3-7,10H,8-9H2,1-2H3;1H,2-6H2;2H,1H3. The molecule has 0 atom stereocenters. The molecule has 0 aliphatic heterocycles. The summed E-state index contributed by atoms with van der Waals surface area (Å²) in [4.78, 5) is 0. The van der Waals surface area contributed by atoms with Gasteiger partial charge in [0.15, 0.2) is 0 Å². The lowest BCUT2D eigenvalue weighted by atomic mass is 10.0. The zero-order valence-corrected chi connectivity index (χ0v) is 13.3. The van der Waals surface area contributed by atoms with Crippen molar-refractivity contribution in [3.05, 3.63) is 42.3 Å². The Balaban J connectivity index is 0.000000377. The maximum Gasteiger partial charge on any atom is 0.0519 e. The first-order chi connectivity index (χ1) is 9.79. The van der Waals surface area contributed by atoms with Gasteiger partial charge in [-0.05, 0) is 32.3 Å². The predicted octanol–water partition coefficient (Wildman–Crippen LogP) is 4.42. The molecule has 1 aliphatic rings. The number of hydrogen-bond donors (Lipinski definition) is 1. The van der Waals surface area contributed by atoms with Gasteiger partial charge in [-0.2, -0.15) is 0 Å². The number of aliphatic hydroxyl groups is 1. The molecule has 2 heteroatoms. The zero-order chi connectivity index (χ0) is 15.1. The normalized spacial score (nSPS) is 13.8. The van der Waals surface area contributed by atoms with Crippen molar-refractivity contribution in [1.29, 1.82) is 0 Å². The molecule has 115 valence electrons. The minimum atomic E-state index is 0.341. The Bertz CT molecular complexity index is 267. The van der Waals surface area contributed by atoms with Crippen LogP contribution in [-0.2, 0) is 11.2 Å². The van der Waals surface area contributed by atoms with E-state index < -0.39 is 0 Å². The molecule has 0 unspecified atom stereocenters. The van der Waals surface area contributed by atoms with Crippen LogP contribution in [0.25, 0.3) is 0 Å². The Kier molecular flexibility index (Phi) is 13.9. The summed E-state index contributed by atoms with van der Waals surface area (Å²) in [7, 11) is 1.00. The Labute approximate surface area is 125 Å². The van der Waals surface area contributed by atoms with Gasteiger partial charge in [0.25, 0.3) is 0 Å². The van der Waals surface area contributed by atoms with Gasteiger partial charge >= 0.3 is 0 Å². The summed E-state index contributed by atoms with van der Waals surface area (Å²) >= 11 is 0. The molecule has 0 aromatic heterocycles. The van der Waals surface area contributed by atoms with Crippen LogP contribution in [0.4, 0.5) is 0 Å². The molecular weight excluding hydrogens is 248 g/mol. The van der Waals surface area contributed by atoms with Gasteiger partial charge in [0.2, 0.25) is 0 Å². The molecule has 20 heavy (non-hydrogen) atoms. The highest BCUT2D eigenvalue weighted by atomic mass is 16.5. The Morgan fingerprint density at radius 2 is 1.60 bits per heavy atom. The first-order valence-corrected chi connectivity index (χ1v) is 7.71. The van der Waals surface area contributed by atoms with Gasteiger partial charge in [-0.15, -0.1) is 0 Å². The number of ether oxygens (including phenoxy) is 1. The molecule has 0 bridgehead atoms. The van der Waals surface area contributed by atoms with E-state index in [9.17, 15) is 0 Å². The van der Waals surface area contributed by atoms with E-state index >= 15 is 0 Å². The van der Waals surface area contributed by atoms with Crippen LogP contribution in [0, 0.1) is 6.42 Å². The smallest absolute Gasteiger partial charge is 0.0519 e. The maximum absolute atomic E-state index is 7.00. The zero-order valence-electron chi connectivity index (χ0n) is 13.3. The van der Waals surface area contributed by atoms with Crippen molar-refractivity contribution < 1.29 is 9.84 Å². The van der Waals surface area contributed by atoms with Crippen LogP contribution in [0.3, 0.4) is 0 Å². The van der Waals surface area contributed by atoms with Crippen molar-refractivity contribution in [2.45, 2.75) is 58.5 Å². The van der Waals surface area contributed by atoms with Crippen molar-refractivity contribution in [2.24, 2.45) is 0 Å². The molecule has 2 rings (SSSR count). The van der Waals surface area contributed by atoms with Crippen LogP contribution in [0.2, 0.25) is 0 Å². The number of rotatable bonds is 4. The minimum Gasteiger partial charge on any atom is -0.400 e. The first kappa shape index (κ1) is 19.1. The largest absolute Gasteiger partial charge is 0.400 e. The fraction of sp³-hybridized carbons (Fsp3) is 0.611. The number of aliphatic hydroxyl groups excluding tert-OH is 1. The van der Waals surface area contributed by atoms with E-state index in [1.54, 1.807) is 0 Å². The molecule has 0 spiro atoms. The Morgan fingerprint density at radius 1 is 1.00 bits per heavy atom. The monoisotopic (exact) mass is 279 g/mol. The second-order valence-electron chi connectivity index (χ2n) is 5.08. The molecule has 1 N–H and O–H groups in total. The van der Waals surface area contributed by atoms with Crippen LogP contribution in [0.5, 0.6) is 0 Å². The summed E-state index contributed by atoms with van der Waals surface area (Å²) in [5.74, 6) is 0. The molecule has 1 saturated carbocycles. The van der Waals surface area contributed by atoms with Crippen LogP contribution in [0.1, 0.15) is 51.5 Å². The molecule has 1 aromatic carbocycles. The topological polar surface area (TPSA) is 29.5 Å². The second kappa shape index (κ2) is 14.5. The molecule has 1 aliphatic carbocycles. The van der Waals surface area contributed by atoms with Crippen LogP contribution >= 0.6 is 0 Å². The van der Waals surface area contributed by atoms with Gasteiger partial charge in [-0.25, -0.2) is 0 Å². The van der Waals surface area contributed by atoms with E-state index in [4.69, 9.17) is 9.84 Å². The van der Waals surface area contributed by atoms with E-state index in [2.05, 4.69) is 44.5 Å². The SMILES string of the molecule is CC(C)OCCc1ccccc1.CO.[CH]1CCCCC1. The van der Waals surface area contributed by atoms with E-state index in [1.165, 1.54) is 37.7 Å². The minimum absolute atomic E-state index is 0.341. The third kappa shape index (κ3) is 12.2. The van der Waals surface area contributed by atoms with Crippen molar-refractivity contribution in [3.63, 3.8) is 0 Å². The highest BCUT2D eigenvalue weighted by Crippen LogP contribution is 2.14. The molecule has 1 fully saturated rings. The van der Waals surface area contributed by atoms with Crippen molar-refractivity contribution in [3.8, 4) is 0 Å². The number of hydrogen-bond acceptors (Lipinski definition) is 2. The maximum atomic E-state index is 7.00. The quantitative estimate of drug-likeness (QED) is 0.884. The summed E-state index contributed by atoms with van der Waals surface area (Å²) in [6.07, 6.45) is 10.9. The third-order valence-electron chi connectivity index (χ3n) is 3.00. The molecule has 0 heterocycles. The van der Waals surface area contributed by atoms with Crippen LogP contribution in [-0.4, -0.2) is 24.9 Å². The van der Waals surface area contributed by atoms with Gasteiger partial charge in [0.1, 0.15) is 0 Å². The average molecular weight is 279 g/mol. The lowest BCUT2D eigenvalue weighted by molar-refractivity contribution is 0.0813. The molecule has 1 aromatic rings. The van der Waals surface area contributed by atoms with E-state index in [-0.39, 0.29) is 0 Å². The van der Waals surface area contributed by atoms with Crippen molar-refractivity contribution in [2.75, 3.05) is 13.7 Å². The van der Waals surface area contributed by atoms with E-state index in [1.807, 2.05) is 6.07 Å². The third-order valence-corrected chi connectivity index (χ3v) is 3.00. The van der Waals surface area contributed by atoms with Crippen LogP contribution < -0.4 is 0 Å².